The van der Waals surface area contributed by atoms with Crippen LogP contribution in [-0.4, -0.2) is 41.2 Å². The van der Waals surface area contributed by atoms with E-state index in [1.165, 1.54) is 0 Å². The molecule has 1 heterocycles. The quantitative estimate of drug-likeness (QED) is 0.289. The van der Waals surface area contributed by atoms with Crippen LogP contribution < -0.4 is 10.2 Å². The van der Waals surface area contributed by atoms with Crippen molar-refractivity contribution in [2.75, 3.05) is 11.4 Å². The van der Waals surface area contributed by atoms with Gasteiger partial charge in [-0.3, -0.25) is 19.3 Å². The summed E-state index contributed by atoms with van der Waals surface area (Å²) in [6.07, 6.45) is 4.51. The van der Waals surface area contributed by atoms with Gasteiger partial charge in [-0.05, 0) is 54.0 Å². The number of nitrogens with one attached hydrogen (secondary N) is 1. The topological polar surface area (TPSA) is 69.7 Å². The molecule has 6 nitrogen and oxygen atoms in total. The van der Waals surface area contributed by atoms with Crippen LogP contribution in [-0.2, 0) is 22.6 Å². The van der Waals surface area contributed by atoms with E-state index in [4.69, 9.17) is 0 Å². The molecular formula is C35H35N3O3. The summed E-state index contributed by atoms with van der Waals surface area (Å²) in [7, 11) is 0. The Bertz CT molecular complexity index is 1590. The minimum atomic E-state index is -0.721. The molecule has 6 heteroatoms. The fourth-order valence-electron chi connectivity index (χ4n) is 6.25. The van der Waals surface area contributed by atoms with Crippen LogP contribution in [0.1, 0.15) is 52.7 Å². The highest BCUT2D eigenvalue weighted by Crippen LogP contribution is 2.37. The highest BCUT2D eigenvalue weighted by Gasteiger charge is 2.36. The molecule has 0 saturated heterocycles. The lowest BCUT2D eigenvalue weighted by molar-refractivity contribution is -0.140. The zero-order valence-corrected chi connectivity index (χ0v) is 23.4. The van der Waals surface area contributed by atoms with E-state index in [1.54, 1.807) is 9.80 Å². The Kier molecular flexibility index (Phi) is 7.55. The van der Waals surface area contributed by atoms with E-state index in [2.05, 4.69) is 5.32 Å². The van der Waals surface area contributed by atoms with Crippen molar-refractivity contribution in [3.63, 3.8) is 0 Å². The molecule has 1 N–H and O–H groups in total. The van der Waals surface area contributed by atoms with Crippen molar-refractivity contribution in [1.82, 2.24) is 10.2 Å². The number of hydrogen-bond acceptors (Lipinski definition) is 3. The van der Waals surface area contributed by atoms with Crippen LogP contribution in [0.15, 0.2) is 91.0 Å². The monoisotopic (exact) mass is 545 g/mol. The van der Waals surface area contributed by atoms with Crippen LogP contribution in [0.25, 0.3) is 10.8 Å². The van der Waals surface area contributed by atoms with Crippen LogP contribution >= 0.6 is 0 Å². The maximum Gasteiger partial charge on any atom is 0.259 e. The zero-order chi connectivity index (χ0) is 28.3. The second-order valence-electron chi connectivity index (χ2n) is 11.2. The number of rotatable bonds is 9. The smallest absolute Gasteiger partial charge is 0.259 e. The summed E-state index contributed by atoms with van der Waals surface area (Å²) in [6, 6.07) is 28.7. The van der Waals surface area contributed by atoms with Crippen LogP contribution in [0.3, 0.4) is 0 Å². The van der Waals surface area contributed by atoms with Gasteiger partial charge in [0.15, 0.2) is 0 Å². The highest BCUT2D eigenvalue weighted by atomic mass is 16.2. The minimum Gasteiger partial charge on any atom is -0.352 e. The Balaban J connectivity index is 1.36. The molecule has 2 aliphatic rings. The fraction of sp³-hybridized carbons (Fsp3) is 0.286. The SMILES string of the molecule is Cc1ccccc1CN(C(=O)CN1C(=O)c2cccc3cccc1c23)[C@H](Cc1ccccc1)C(=O)NC1CCCC1. The van der Waals surface area contributed by atoms with Gasteiger partial charge in [0.05, 0.1) is 5.69 Å². The van der Waals surface area contributed by atoms with E-state index in [9.17, 15) is 14.4 Å². The van der Waals surface area contributed by atoms with Gasteiger partial charge in [-0.15, -0.1) is 0 Å². The third-order valence-corrected chi connectivity index (χ3v) is 8.52. The summed E-state index contributed by atoms with van der Waals surface area (Å²) < 4.78 is 0. The molecule has 3 amide bonds. The first-order valence-electron chi connectivity index (χ1n) is 14.5. The Morgan fingerprint density at radius 2 is 1.61 bits per heavy atom. The first-order chi connectivity index (χ1) is 20.0. The van der Waals surface area contributed by atoms with Crippen molar-refractivity contribution < 1.29 is 14.4 Å². The standard InChI is InChI=1S/C35H35N3O3/c1-24-11-5-6-14-27(24)22-37(31(21-25-12-3-2-4-13-25)34(40)36-28-17-7-8-18-28)32(39)23-38-30-20-10-16-26-15-9-19-29(33(26)30)35(38)41/h2-6,9-16,19-20,28,31H,7-8,17-18,21-23H2,1H3,(H,36,40)/t31-/m1/s1. The van der Waals surface area contributed by atoms with Gasteiger partial charge in [0.25, 0.3) is 5.91 Å². The predicted octanol–water partition coefficient (Wildman–Crippen LogP) is 5.81. The highest BCUT2D eigenvalue weighted by molar-refractivity contribution is 6.26. The number of carbonyl (C=O) groups is 3. The summed E-state index contributed by atoms with van der Waals surface area (Å²) >= 11 is 0. The van der Waals surface area contributed by atoms with E-state index in [0.29, 0.717) is 12.0 Å². The van der Waals surface area contributed by atoms with Gasteiger partial charge in [0, 0.05) is 30.0 Å². The predicted molar refractivity (Wildman–Crippen MR) is 162 cm³/mol. The molecule has 6 rings (SSSR count). The van der Waals surface area contributed by atoms with Gasteiger partial charge in [0.1, 0.15) is 12.6 Å². The van der Waals surface area contributed by atoms with Crippen LogP contribution in [0, 0.1) is 6.92 Å². The molecule has 0 aromatic heterocycles. The van der Waals surface area contributed by atoms with E-state index >= 15 is 0 Å². The molecule has 1 atom stereocenters. The summed E-state index contributed by atoms with van der Waals surface area (Å²) in [6.45, 7) is 2.16. The maximum absolute atomic E-state index is 14.4. The Morgan fingerprint density at radius 3 is 2.37 bits per heavy atom. The van der Waals surface area contributed by atoms with Crippen LogP contribution in [0.2, 0.25) is 0 Å². The maximum atomic E-state index is 14.4. The fourth-order valence-corrected chi connectivity index (χ4v) is 6.25. The second-order valence-corrected chi connectivity index (χ2v) is 11.2. The normalized spacial score (nSPS) is 15.3. The molecule has 41 heavy (non-hydrogen) atoms. The molecular weight excluding hydrogens is 510 g/mol. The molecule has 208 valence electrons. The molecule has 1 fully saturated rings. The van der Waals surface area contributed by atoms with Crippen molar-refractivity contribution in [2.45, 2.75) is 57.7 Å². The van der Waals surface area contributed by atoms with Gasteiger partial charge in [-0.1, -0.05) is 91.7 Å². The lowest BCUT2D eigenvalue weighted by atomic mass is 10.0. The Labute approximate surface area is 241 Å². The number of carbonyl (C=O) groups excluding carboxylic acids is 3. The van der Waals surface area contributed by atoms with Crippen molar-refractivity contribution in [1.29, 1.82) is 0 Å². The number of hydrogen-bond donors (Lipinski definition) is 1. The van der Waals surface area contributed by atoms with Gasteiger partial charge in [0.2, 0.25) is 11.8 Å². The number of anilines is 1. The summed E-state index contributed by atoms with van der Waals surface area (Å²) in [5, 5.41) is 5.10. The van der Waals surface area contributed by atoms with E-state index in [-0.39, 0.29) is 36.9 Å². The molecule has 1 aliphatic heterocycles. The first kappa shape index (κ1) is 26.8. The summed E-state index contributed by atoms with van der Waals surface area (Å²) in [5.41, 5.74) is 4.36. The lowest BCUT2D eigenvalue weighted by Crippen LogP contribution is -2.54. The minimum absolute atomic E-state index is 0.128. The largest absolute Gasteiger partial charge is 0.352 e. The Hall–Kier alpha value is -4.45. The van der Waals surface area contributed by atoms with Crippen molar-refractivity contribution in [2.24, 2.45) is 0 Å². The molecule has 1 saturated carbocycles. The third-order valence-electron chi connectivity index (χ3n) is 8.52. The first-order valence-corrected chi connectivity index (χ1v) is 14.5. The van der Waals surface area contributed by atoms with E-state index in [1.807, 2.05) is 97.9 Å². The number of nitrogens with zero attached hydrogens (tertiary/aromatic N) is 2. The summed E-state index contributed by atoms with van der Waals surface area (Å²) in [4.78, 5) is 45.1. The number of aryl methyl sites for hydroxylation is 1. The molecule has 0 bridgehead atoms. The average Bonchev–Trinajstić information content (AvgIpc) is 3.60. The van der Waals surface area contributed by atoms with Crippen molar-refractivity contribution >= 4 is 34.2 Å². The van der Waals surface area contributed by atoms with Gasteiger partial charge in [-0.25, -0.2) is 0 Å². The Morgan fingerprint density at radius 1 is 0.902 bits per heavy atom. The van der Waals surface area contributed by atoms with Crippen molar-refractivity contribution in [3.8, 4) is 0 Å². The van der Waals surface area contributed by atoms with Crippen LogP contribution in [0.4, 0.5) is 5.69 Å². The third kappa shape index (κ3) is 5.47. The zero-order valence-electron chi connectivity index (χ0n) is 23.4. The van der Waals surface area contributed by atoms with E-state index < -0.39 is 6.04 Å². The number of amides is 3. The average molecular weight is 546 g/mol. The summed E-state index contributed by atoms with van der Waals surface area (Å²) in [5.74, 6) is -0.578. The molecule has 1 aliphatic carbocycles. The molecule has 0 radical (unpaired) electrons. The van der Waals surface area contributed by atoms with Crippen molar-refractivity contribution in [3.05, 3.63) is 113 Å². The molecule has 4 aromatic carbocycles. The van der Waals surface area contributed by atoms with Gasteiger partial charge < -0.3 is 10.2 Å². The van der Waals surface area contributed by atoms with Gasteiger partial charge >= 0.3 is 0 Å². The van der Waals surface area contributed by atoms with Crippen LogP contribution in [0.5, 0.6) is 0 Å². The van der Waals surface area contributed by atoms with Gasteiger partial charge in [-0.2, -0.15) is 0 Å². The molecule has 0 unspecified atom stereocenters. The van der Waals surface area contributed by atoms with E-state index in [0.717, 1.165) is 58.8 Å². The lowest BCUT2D eigenvalue weighted by Gasteiger charge is -2.34. The molecule has 4 aromatic rings. The second kappa shape index (κ2) is 11.6. The number of benzene rings is 4. The molecule has 0 spiro atoms.